The van der Waals surface area contributed by atoms with Crippen LogP contribution in [0.3, 0.4) is 0 Å². The average molecular weight is 395 g/mol. The van der Waals surface area contributed by atoms with Crippen LogP contribution in [0.1, 0.15) is 53.3 Å². The molecule has 1 saturated heterocycles. The summed E-state index contributed by atoms with van der Waals surface area (Å²) < 4.78 is 37.4. The summed E-state index contributed by atoms with van der Waals surface area (Å²) >= 11 is 0. The number of hydrogen-bond acceptors (Lipinski definition) is 3. The molecule has 2 aliphatic rings. The highest BCUT2D eigenvalue weighted by Gasteiger charge is 2.35. The second-order valence-corrected chi connectivity index (χ2v) is 7.34. The highest BCUT2D eigenvalue weighted by Crippen LogP contribution is 2.31. The Kier molecular flexibility index (Phi) is 6.05. The zero-order chi connectivity index (χ0) is 20.3. The summed E-state index contributed by atoms with van der Waals surface area (Å²) in [6.07, 6.45) is -0.0825. The van der Waals surface area contributed by atoms with Crippen LogP contribution in [0.2, 0.25) is 0 Å². The largest absolute Gasteiger partial charge is 0.397 e. The Hall–Kier alpha value is -2.38. The summed E-state index contributed by atoms with van der Waals surface area (Å²) in [4.78, 5) is 32.4. The number of aryl methyl sites for hydroxylation is 1. The number of amides is 2. The molecule has 0 saturated carbocycles. The number of likely N-dealkylation sites (tertiary alicyclic amines) is 1. The van der Waals surface area contributed by atoms with Gasteiger partial charge in [-0.2, -0.15) is 13.2 Å². The standard InChI is InChI=1S/C20H24F3N3O2/c1-14-5-6-16(19(28)26-9-3-2-4-10-26)18(24-14)15-7-11-25(12-8-15)17(27)13-20(21,22)23/h2-3,5-6,15H,4,7-13H2,1H3. The number of nitrogens with zero attached hydrogens (tertiary/aromatic N) is 3. The highest BCUT2D eigenvalue weighted by molar-refractivity contribution is 5.95. The number of carbonyl (C=O) groups is 2. The van der Waals surface area contributed by atoms with E-state index in [1.165, 1.54) is 4.90 Å². The fourth-order valence-corrected chi connectivity index (χ4v) is 3.75. The lowest BCUT2D eigenvalue weighted by Gasteiger charge is -2.33. The molecular weight excluding hydrogens is 371 g/mol. The third-order valence-corrected chi connectivity index (χ3v) is 5.23. The van der Waals surface area contributed by atoms with Crippen LogP contribution in [0.4, 0.5) is 13.2 Å². The van der Waals surface area contributed by atoms with E-state index in [0.717, 1.165) is 12.1 Å². The second-order valence-electron chi connectivity index (χ2n) is 7.34. The van der Waals surface area contributed by atoms with Crippen molar-refractivity contribution in [2.24, 2.45) is 0 Å². The van der Waals surface area contributed by atoms with Crippen molar-refractivity contribution >= 4 is 11.8 Å². The predicted octanol–water partition coefficient (Wildman–Crippen LogP) is 3.45. The lowest BCUT2D eigenvalue weighted by atomic mass is 9.89. The SMILES string of the molecule is Cc1ccc(C(=O)N2CC=CCC2)c(C2CCN(C(=O)CC(F)(F)F)CC2)n1. The van der Waals surface area contributed by atoms with Crippen molar-refractivity contribution in [1.82, 2.24) is 14.8 Å². The molecule has 0 atom stereocenters. The minimum Gasteiger partial charge on any atom is -0.342 e. The topological polar surface area (TPSA) is 53.5 Å². The van der Waals surface area contributed by atoms with E-state index in [9.17, 15) is 22.8 Å². The van der Waals surface area contributed by atoms with Crippen LogP contribution in [0.25, 0.3) is 0 Å². The van der Waals surface area contributed by atoms with E-state index < -0.39 is 18.5 Å². The van der Waals surface area contributed by atoms with Gasteiger partial charge in [0.15, 0.2) is 0 Å². The van der Waals surface area contributed by atoms with Crippen molar-refractivity contribution < 1.29 is 22.8 Å². The first-order valence-electron chi connectivity index (χ1n) is 9.51. The van der Waals surface area contributed by atoms with Crippen molar-refractivity contribution in [2.75, 3.05) is 26.2 Å². The van der Waals surface area contributed by atoms with Crippen LogP contribution >= 0.6 is 0 Å². The van der Waals surface area contributed by atoms with Gasteiger partial charge in [0, 0.05) is 37.8 Å². The van der Waals surface area contributed by atoms with E-state index in [2.05, 4.69) is 4.98 Å². The van der Waals surface area contributed by atoms with E-state index in [0.29, 0.717) is 37.2 Å². The zero-order valence-corrected chi connectivity index (χ0v) is 15.8. The van der Waals surface area contributed by atoms with E-state index in [-0.39, 0.29) is 24.9 Å². The molecule has 3 rings (SSSR count). The molecule has 0 radical (unpaired) electrons. The van der Waals surface area contributed by atoms with Gasteiger partial charge in [-0.15, -0.1) is 0 Å². The Morgan fingerprint density at radius 1 is 1.11 bits per heavy atom. The van der Waals surface area contributed by atoms with Crippen molar-refractivity contribution in [3.05, 3.63) is 41.2 Å². The van der Waals surface area contributed by atoms with Gasteiger partial charge in [-0.3, -0.25) is 14.6 Å². The third-order valence-electron chi connectivity index (χ3n) is 5.23. The molecule has 1 fully saturated rings. The lowest BCUT2D eigenvalue weighted by molar-refractivity contribution is -0.162. The van der Waals surface area contributed by atoms with Crippen LogP contribution in [0.15, 0.2) is 24.3 Å². The van der Waals surface area contributed by atoms with E-state index in [1.54, 1.807) is 17.0 Å². The average Bonchev–Trinajstić information content (AvgIpc) is 2.67. The van der Waals surface area contributed by atoms with Crippen LogP contribution < -0.4 is 0 Å². The number of halogens is 3. The fraction of sp³-hybridized carbons (Fsp3) is 0.550. The molecule has 5 nitrogen and oxygen atoms in total. The summed E-state index contributed by atoms with van der Waals surface area (Å²) in [5.74, 6) is -1.00. The van der Waals surface area contributed by atoms with Crippen molar-refractivity contribution in [3.8, 4) is 0 Å². The highest BCUT2D eigenvalue weighted by atomic mass is 19.4. The summed E-state index contributed by atoms with van der Waals surface area (Å²) in [5, 5.41) is 0. The Morgan fingerprint density at radius 2 is 1.82 bits per heavy atom. The maximum absolute atomic E-state index is 13.0. The van der Waals surface area contributed by atoms with Gasteiger partial charge >= 0.3 is 6.18 Å². The van der Waals surface area contributed by atoms with Crippen LogP contribution in [-0.4, -0.2) is 59.0 Å². The van der Waals surface area contributed by atoms with Crippen molar-refractivity contribution in [1.29, 1.82) is 0 Å². The number of piperidine rings is 1. The molecular formula is C20H24F3N3O2. The Morgan fingerprint density at radius 3 is 2.43 bits per heavy atom. The molecule has 8 heteroatoms. The molecule has 0 unspecified atom stereocenters. The maximum atomic E-state index is 13.0. The first-order valence-corrected chi connectivity index (χ1v) is 9.51. The van der Waals surface area contributed by atoms with Crippen molar-refractivity contribution in [3.63, 3.8) is 0 Å². The molecule has 2 amide bonds. The van der Waals surface area contributed by atoms with Crippen LogP contribution in [-0.2, 0) is 4.79 Å². The monoisotopic (exact) mass is 395 g/mol. The first kappa shape index (κ1) is 20.4. The molecule has 0 N–H and O–H groups in total. The molecule has 1 aromatic heterocycles. The van der Waals surface area contributed by atoms with Crippen LogP contribution in [0, 0.1) is 6.92 Å². The van der Waals surface area contributed by atoms with Gasteiger partial charge in [-0.25, -0.2) is 0 Å². The second kappa shape index (κ2) is 8.32. The number of alkyl halides is 3. The molecule has 3 heterocycles. The minimum absolute atomic E-state index is 0.0471. The zero-order valence-electron chi connectivity index (χ0n) is 15.8. The van der Waals surface area contributed by atoms with Crippen molar-refractivity contribution in [2.45, 2.75) is 44.7 Å². The van der Waals surface area contributed by atoms with E-state index >= 15 is 0 Å². The van der Waals surface area contributed by atoms with Gasteiger partial charge in [-0.1, -0.05) is 12.2 Å². The number of carbonyl (C=O) groups excluding carboxylic acids is 2. The Bertz CT molecular complexity index is 768. The number of aromatic nitrogens is 1. The first-order chi connectivity index (χ1) is 13.2. The van der Waals surface area contributed by atoms with Gasteiger partial charge in [0.1, 0.15) is 6.42 Å². The molecule has 0 aliphatic carbocycles. The quantitative estimate of drug-likeness (QED) is 0.737. The summed E-state index contributed by atoms with van der Waals surface area (Å²) in [7, 11) is 0. The van der Waals surface area contributed by atoms with E-state index in [4.69, 9.17) is 0 Å². The van der Waals surface area contributed by atoms with E-state index in [1.807, 2.05) is 19.1 Å². The number of rotatable bonds is 3. The molecule has 1 aromatic rings. The van der Waals surface area contributed by atoms with Gasteiger partial charge < -0.3 is 9.80 Å². The Labute approximate surface area is 162 Å². The fourth-order valence-electron chi connectivity index (χ4n) is 3.75. The minimum atomic E-state index is -4.49. The summed E-state index contributed by atoms with van der Waals surface area (Å²) in [5.41, 5.74) is 2.05. The molecule has 0 bridgehead atoms. The predicted molar refractivity (Wildman–Crippen MR) is 97.9 cm³/mol. The van der Waals surface area contributed by atoms with Gasteiger partial charge in [0.25, 0.3) is 5.91 Å². The summed E-state index contributed by atoms with van der Waals surface area (Å²) in [6, 6.07) is 3.60. The third kappa shape index (κ3) is 4.91. The van der Waals surface area contributed by atoms with Gasteiger partial charge in [0.05, 0.1) is 11.3 Å². The smallest absolute Gasteiger partial charge is 0.342 e. The normalized spacial score (nSPS) is 18.4. The lowest BCUT2D eigenvalue weighted by Crippen LogP contribution is -2.40. The molecule has 28 heavy (non-hydrogen) atoms. The number of pyridine rings is 1. The molecule has 152 valence electrons. The van der Waals surface area contributed by atoms with Gasteiger partial charge in [0.2, 0.25) is 5.91 Å². The molecule has 2 aliphatic heterocycles. The van der Waals surface area contributed by atoms with Crippen LogP contribution in [0.5, 0.6) is 0 Å². The Balaban J connectivity index is 1.72. The summed E-state index contributed by atoms with van der Waals surface area (Å²) in [6.45, 7) is 3.57. The number of hydrogen-bond donors (Lipinski definition) is 0. The maximum Gasteiger partial charge on any atom is 0.397 e. The molecule has 0 aromatic carbocycles. The van der Waals surface area contributed by atoms with Gasteiger partial charge in [-0.05, 0) is 38.3 Å². The molecule has 0 spiro atoms.